The van der Waals surface area contributed by atoms with Gasteiger partial charge in [0.05, 0.1) is 18.9 Å². The van der Waals surface area contributed by atoms with E-state index < -0.39 is 5.69 Å². The first-order valence-corrected chi connectivity index (χ1v) is 7.56. The number of alkyl halides is 2. The average molecular weight is 293 g/mol. The van der Waals surface area contributed by atoms with E-state index in [4.69, 9.17) is 56.3 Å². The summed E-state index contributed by atoms with van der Waals surface area (Å²) < 4.78 is 10.0. The average Bonchev–Trinajstić information content (AvgIpc) is 1.97. The van der Waals surface area contributed by atoms with Crippen molar-refractivity contribution in [2.75, 3.05) is 25.0 Å². The Morgan fingerprint density at radius 2 is 1.50 bits per heavy atom. The SMILES string of the molecule is S=P([S-])(OCCCl)OCCCl.[K+]. The summed E-state index contributed by atoms with van der Waals surface area (Å²) in [5.74, 6) is 0.749. The van der Waals surface area contributed by atoms with Crippen LogP contribution in [0, 0.1) is 0 Å². The van der Waals surface area contributed by atoms with E-state index in [2.05, 4.69) is 0 Å². The van der Waals surface area contributed by atoms with Crippen LogP contribution in [0.25, 0.3) is 0 Å². The standard InChI is InChI=1S/C4H9Cl2O2PS2.K/c5-1-3-7-9(10,11)8-4-2-6;/h1-4H2,(H,10,11);/q;+1/p-1. The van der Waals surface area contributed by atoms with Crippen LogP contribution in [0.5, 0.6) is 0 Å². The number of rotatable bonds is 6. The summed E-state index contributed by atoms with van der Waals surface area (Å²) in [6.07, 6.45) is 0. The molecule has 0 aromatic rings. The van der Waals surface area contributed by atoms with Crippen molar-refractivity contribution in [3.63, 3.8) is 0 Å². The van der Waals surface area contributed by atoms with Gasteiger partial charge in [0.25, 0.3) is 0 Å². The van der Waals surface area contributed by atoms with E-state index >= 15 is 0 Å². The Labute approximate surface area is 136 Å². The Hall–Kier alpha value is 3.14. The zero-order valence-corrected chi connectivity index (χ0v) is 13.8. The Morgan fingerprint density at radius 3 is 1.75 bits per heavy atom. The van der Waals surface area contributed by atoms with Crippen molar-refractivity contribution in [1.82, 2.24) is 0 Å². The van der Waals surface area contributed by atoms with Gasteiger partial charge in [0.1, 0.15) is 0 Å². The predicted molar refractivity (Wildman–Crippen MR) is 55.0 cm³/mol. The smallest absolute Gasteiger partial charge is 0.691 e. The maximum atomic E-state index is 5.36. The predicted octanol–water partition coefficient (Wildman–Crippen LogP) is -0.727. The molecular weight excluding hydrogens is 285 g/mol. The molecule has 0 aromatic carbocycles. The van der Waals surface area contributed by atoms with Crippen LogP contribution in [-0.2, 0) is 33.1 Å². The summed E-state index contributed by atoms with van der Waals surface area (Å²) in [5, 5.41) is 0. The van der Waals surface area contributed by atoms with Crippen LogP contribution in [0.4, 0.5) is 0 Å². The van der Waals surface area contributed by atoms with Gasteiger partial charge in [0.15, 0.2) is 0 Å². The molecule has 0 unspecified atom stereocenters. The number of hydrogen-bond donors (Lipinski definition) is 0. The third kappa shape index (κ3) is 11.2. The van der Waals surface area contributed by atoms with Gasteiger partial charge < -0.3 is 21.3 Å². The summed E-state index contributed by atoms with van der Waals surface area (Å²) in [7, 11) is 0. The topological polar surface area (TPSA) is 18.5 Å². The first-order valence-electron chi connectivity index (χ1n) is 2.84. The minimum Gasteiger partial charge on any atom is -0.691 e. The minimum atomic E-state index is -2.48. The second kappa shape index (κ2) is 10.6. The molecule has 68 valence electrons. The third-order valence-corrected chi connectivity index (χ3v) is 3.22. The molecular formula is C4H8Cl2KO2PS2. The van der Waals surface area contributed by atoms with Crippen LogP contribution in [0.2, 0.25) is 0 Å². The minimum absolute atomic E-state index is 0. The molecule has 0 radical (unpaired) electrons. The molecule has 0 spiro atoms. The fraction of sp³-hybridized carbons (Fsp3) is 1.00. The fourth-order valence-electron chi connectivity index (χ4n) is 0.330. The molecule has 0 saturated heterocycles. The normalized spacial score (nSPS) is 10.9. The quantitative estimate of drug-likeness (QED) is 0.278. The zero-order valence-electron chi connectivity index (χ0n) is 6.66. The Balaban J connectivity index is 0. The Kier molecular flexibility index (Phi) is 15.6. The van der Waals surface area contributed by atoms with Gasteiger partial charge in [-0.2, -0.15) is 0 Å². The van der Waals surface area contributed by atoms with Crippen LogP contribution in [0.3, 0.4) is 0 Å². The summed E-state index contributed by atoms with van der Waals surface area (Å²) in [4.78, 5) is 0. The number of hydrogen-bond acceptors (Lipinski definition) is 4. The number of halogens is 2. The second-order valence-electron chi connectivity index (χ2n) is 1.49. The summed E-state index contributed by atoms with van der Waals surface area (Å²) in [5.41, 5.74) is -2.48. The molecule has 0 N–H and O–H groups in total. The molecule has 0 fully saturated rings. The van der Waals surface area contributed by atoms with Crippen molar-refractivity contribution in [2.45, 2.75) is 0 Å². The molecule has 2 nitrogen and oxygen atoms in total. The maximum absolute atomic E-state index is 5.36. The van der Waals surface area contributed by atoms with Gasteiger partial charge in [-0.3, -0.25) is 0 Å². The molecule has 12 heavy (non-hydrogen) atoms. The Morgan fingerprint density at radius 1 is 1.17 bits per heavy atom. The monoisotopic (exact) mass is 292 g/mol. The fourth-order valence-corrected chi connectivity index (χ4v) is 2.30. The van der Waals surface area contributed by atoms with Gasteiger partial charge in [-0.25, -0.2) is 0 Å². The molecule has 0 atom stereocenters. The van der Waals surface area contributed by atoms with Crippen molar-refractivity contribution in [3.8, 4) is 0 Å². The maximum Gasteiger partial charge on any atom is 1.00 e. The largest absolute Gasteiger partial charge is 1.00 e. The van der Waals surface area contributed by atoms with Gasteiger partial charge in [-0.1, -0.05) is 11.8 Å². The van der Waals surface area contributed by atoms with Crippen LogP contribution in [0.15, 0.2) is 0 Å². The molecule has 0 aliphatic heterocycles. The molecule has 0 saturated carbocycles. The van der Waals surface area contributed by atoms with E-state index in [1.165, 1.54) is 0 Å². The molecule has 0 aliphatic rings. The first kappa shape index (κ1) is 17.5. The van der Waals surface area contributed by atoms with E-state index in [1.807, 2.05) is 0 Å². The van der Waals surface area contributed by atoms with E-state index in [1.54, 1.807) is 0 Å². The van der Waals surface area contributed by atoms with Crippen molar-refractivity contribution in [3.05, 3.63) is 0 Å². The van der Waals surface area contributed by atoms with Crippen molar-refractivity contribution < 1.29 is 60.4 Å². The van der Waals surface area contributed by atoms with Crippen molar-refractivity contribution in [1.29, 1.82) is 0 Å². The van der Waals surface area contributed by atoms with E-state index in [9.17, 15) is 0 Å². The van der Waals surface area contributed by atoms with Crippen molar-refractivity contribution in [2.24, 2.45) is 0 Å². The molecule has 0 rings (SSSR count). The van der Waals surface area contributed by atoms with Crippen LogP contribution in [-0.4, -0.2) is 25.0 Å². The van der Waals surface area contributed by atoms with Gasteiger partial charge >= 0.3 is 51.4 Å². The molecule has 0 amide bonds. The van der Waals surface area contributed by atoms with Crippen LogP contribution >= 0.6 is 28.9 Å². The summed E-state index contributed by atoms with van der Waals surface area (Å²) in [6.45, 7) is 0.676. The van der Waals surface area contributed by atoms with Crippen molar-refractivity contribution >= 4 is 53.0 Å². The van der Waals surface area contributed by atoms with Gasteiger partial charge in [-0.05, 0) is 0 Å². The van der Waals surface area contributed by atoms with Gasteiger partial charge in [-0.15, -0.1) is 23.2 Å². The van der Waals surface area contributed by atoms with Crippen LogP contribution in [0.1, 0.15) is 0 Å². The zero-order chi connectivity index (χ0) is 8.74. The molecule has 0 bridgehead atoms. The summed E-state index contributed by atoms with van der Waals surface area (Å²) >= 11 is 20.4. The van der Waals surface area contributed by atoms with Gasteiger partial charge in [0.2, 0.25) is 0 Å². The molecule has 0 aromatic heterocycles. The third-order valence-electron chi connectivity index (χ3n) is 0.653. The van der Waals surface area contributed by atoms with E-state index in [0.717, 1.165) is 0 Å². The summed E-state index contributed by atoms with van der Waals surface area (Å²) in [6, 6.07) is 0. The van der Waals surface area contributed by atoms with E-state index in [0.29, 0.717) is 25.0 Å². The van der Waals surface area contributed by atoms with Crippen LogP contribution < -0.4 is 51.4 Å². The first-order chi connectivity index (χ1) is 5.12. The molecule has 8 heteroatoms. The second-order valence-corrected chi connectivity index (χ2v) is 7.24. The molecule has 0 aliphatic carbocycles. The molecule has 0 heterocycles. The van der Waals surface area contributed by atoms with E-state index in [-0.39, 0.29) is 51.4 Å². The van der Waals surface area contributed by atoms with Gasteiger partial charge in [0, 0.05) is 11.8 Å². The Bertz CT molecular complexity index is 139.